The van der Waals surface area contributed by atoms with Crippen molar-refractivity contribution in [1.29, 1.82) is 0 Å². The summed E-state index contributed by atoms with van der Waals surface area (Å²) in [5.74, 6) is 1.51. The molecule has 1 aliphatic heterocycles. The topological polar surface area (TPSA) is 103 Å². The number of anilines is 2. The molecule has 0 bridgehead atoms. The summed E-state index contributed by atoms with van der Waals surface area (Å²) in [4.78, 5) is 23.3. The number of ether oxygens (including phenoxy) is 1. The minimum Gasteiger partial charge on any atom is -0.479 e. The summed E-state index contributed by atoms with van der Waals surface area (Å²) < 4.78 is 5.20. The molecule has 21 heavy (non-hydrogen) atoms. The van der Waals surface area contributed by atoms with Crippen LogP contribution in [0.15, 0.2) is 12.4 Å². The first kappa shape index (κ1) is 13.5. The van der Waals surface area contributed by atoms with Gasteiger partial charge in [-0.15, -0.1) is 0 Å². The van der Waals surface area contributed by atoms with Gasteiger partial charge in [0, 0.05) is 25.5 Å². The minimum absolute atomic E-state index is 0.174. The van der Waals surface area contributed by atoms with Gasteiger partial charge in [0.05, 0.1) is 7.11 Å². The first-order valence-electron chi connectivity index (χ1n) is 6.90. The van der Waals surface area contributed by atoms with Gasteiger partial charge in [0.25, 0.3) is 0 Å². The Morgan fingerprint density at radius 3 is 2.57 bits per heavy atom. The minimum atomic E-state index is 0.174. The number of nitrogen functional groups attached to an aromatic ring is 1. The first-order chi connectivity index (χ1) is 10.3. The molecule has 0 aliphatic carbocycles. The van der Waals surface area contributed by atoms with Gasteiger partial charge in [0.2, 0.25) is 17.8 Å². The maximum absolute atomic E-state index is 5.82. The Balaban J connectivity index is 2.01. The molecule has 3 heterocycles. The van der Waals surface area contributed by atoms with Gasteiger partial charge in [0.1, 0.15) is 0 Å². The number of piperidine rings is 1. The van der Waals surface area contributed by atoms with E-state index in [1.807, 2.05) is 0 Å². The summed E-state index contributed by atoms with van der Waals surface area (Å²) in [6, 6.07) is 0. The first-order valence-corrected chi connectivity index (χ1v) is 6.90. The molecule has 2 aromatic heterocycles. The Bertz CT molecular complexity index is 628. The van der Waals surface area contributed by atoms with Crippen LogP contribution in [0.25, 0.3) is 11.5 Å². The van der Waals surface area contributed by atoms with Gasteiger partial charge in [-0.2, -0.15) is 15.0 Å². The SMILES string of the molecule is COc1nccnc1-c1nc(N)nc(N2CCCCC2)n1. The fourth-order valence-corrected chi connectivity index (χ4v) is 2.35. The van der Waals surface area contributed by atoms with E-state index in [0.29, 0.717) is 23.3 Å². The highest BCUT2D eigenvalue weighted by molar-refractivity contribution is 5.58. The van der Waals surface area contributed by atoms with Gasteiger partial charge in [0.15, 0.2) is 11.5 Å². The molecule has 8 nitrogen and oxygen atoms in total. The average Bonchev–Trinajstić information content (AvgIpc) is 2.55. The Morgan fingerprint density at radius 1 is 1.05 bits per heavy atom. The van der Waals surface area contributed by atoms with Crippen molar-refractivity contribution in [1.82, 2.24) is 24.9 Å². The maximum atomic E-state index is 5.82. The number of nitrogens with two attached hydrogens (primary N) is 1. The summed E-state index contributed by atoms with van der Waals surface area (Å²) in [5, 5.41) is 0. The Morgan fingerprint density at radius 2 is 1.81 bits per heavy atom. The van der Waals surface area contributed by atoms with Gasteiger partial charge in [-0.25, -0.2) is 9.97 Å². The van der Waals surface area contributed by atoms with Crippen LogP contribution < -0.4 is 15.4 Å². The zero-order chi connectivity index (χ0) is 14.7. The summed E-state index contributed by atoms with van der Waals surface area (Å²) >= 11 is 0. The standard InChI is InChI=1S/C13H17N7O/c1-21-11-9(15-5-6-16-11)10-17-12(14)19-13(18-10)20-7-3-2-4-8-20/h5-6H,2-4,7-8H2,1H3,(H2,14,17,18,19). The van der Waals surface area contributed by atoms with Crippen molar-refractivity contribution in [3.63, 3.8) is 0 Å². The molecule has 110 valence electrons. The van der Waals surface area contributed by atoms with Crippen molar-refractivity contribution >= 4 is 11.9 Å². The van der Waals surface area contributed by atoms with Crippen LogP contribution in [-0.2, 0) is 0 Å². The molecule has 8 heteroatoms. The number of rotatable bonds is 3. The normalized spacial score (nSPS) is 15.0. The second kappa shape index (κ2) is 5.86. The maximum Gasteiger partial charge on any atom is 0.243 e. The second-order valence-corrected chi connectivity index (χ2v) is 4.78. The molecule has 0 atom stereocenters. The van der Waals surface area contributed by atoms with Crippen molar-refractivity contribution in [3.8, 4) is 17.4 Å². The lowest BCUT2D eigenvalue weighted by Crippen LogP contribution is -2.31. The van der Waals surface area contributed by atoms with E-state index >= 15 is 0 Å². The smallest absolute Gasteiger partial charge is 0.243 e. The van der Waals surface area contributed by atoms with Crippen LogP contribution in [0.5, 0.6) is 5.88 Å². The second-order valence-electron chi connectivity index (χ2n) is 4.78. The Hall–Kier alpha value is -2.51. The number of nitrogens with zero attached hydrogens (tertiary/aromatic N) is 6. The van der Waals surface area contributed by atoms with Crippen LogP contribution in [0.4, 0.5) is 11.9 Å². The van der Waals surface area contributed by atoms with Crippen molar-refractivity contribution < 1.29 is 4.74 Å². The fraction of sp³-hybridized carbons (Fsp3) is 0.462. The van der Waals surface area contributed by atoms with E-state index in [1.54, 1.807) is 12.4 Å². The van der Waals surface area contributed by atoms with Crippen molar-refractivity contribution in [2.24, 2.45) is 0 Å². The molecule has 1 fully saturated rings. The van der Waals surface area contributed by atoms with E-state index in [1.165, 1.54) is 13.5 Å². The van der Waals surface area contributed by atoms with E-state index in [4.69, 9.17) is 10.5 Å². The van der Waals surface area contributed by atoms with Crippen LogP contribution in [0.1, 0.15) is 19.3 Å². The monoisotopic (exact) mass is 287 g/mol. The number of hydrogen-bond acceptors (Lipinski definition) is 8. The molecule has 2 N–H and O–H groups in total. The zero-order valence-electron chi connectivity index (χ0n) is 11.9. The van der Waals surface area contributed by atoms with E-state index in [9.17, 15) is 0 Å². The van der Waals surface area contributed by atoms with Gasteiger partial charge in [-0.05, 0) is 19.3 Å². The molecule has 0 amide bonds. The predicted molar refractivity (Wildman–Crippen MR) is 77.9 cm³/mol. The average molecular weight is 287 g/mol. The predicted octanol–water partition coefficient (Wildman–Crippen LogP) is 0.910. The number of hydrogen-bond donors (Lipinski definition) is 1. The van der Waals surface area contributed by atoms with Crippen LogP contribution in [-0.4, -0.2) is 45.1 Å². The third kappa shape index (κ3) is 2.83. The highest BCUT2D eigenvalue weighted by Gasteiger charge is 2.18. The van der Waals surface area contributed by atoms with E-state index < -0.39 is 0 Å². The molecular formula is C13H17N7O. The van der Waals surface area contributed by atoms with Gasteiger partial charge < -0.3 is 15.4 Å². The molecule has 0 spiro atoms. The van der Waals surface area contributed by atoms with E-state index in [2.05, 4.69) is 29.8 Å². The number of aromatic nitrogens is 5. The molecule has 0 radical (unpaired) electrons. The molecule has 1 saturated heterocycles. The summed E-state index contributed by atoms with van der Waals surface area (Å²) in [6.07, 6.45) is 6.63. The highest BCUT2D eigenvalue weighted by atomic mass is 16.5. The molecule has 0 unspecified atom stereocenters. The molecule has 3 rings (SSSR count). The van der Waals surface area contributed by atoms with E-state index in [0.717, 1.165) is 25.9 Å². The summed E-state index contributed by atoms with van der Waals surface area (Å²) in [6.45, 7) is 1.86. The molecule has 1 aliphatic rings. The van der Waals surface area contributed by atoms with Crippen LogP contribution >= 0.6 is 0 Å². The quantitative estimate of drug-likeness (QED) is 0.888. The zero-order valence-corrected chi connectivity index (χ0v) is 11.9. The van der Waals surface area contributed by atoms with Gasteiger partial charge >= 0.3 is 0 Å². The lowest BCUT2D eigenvalue weighted by atomic mass is 10.1. The molecule has 0 saturated carbocycles. The van der Waals surface area contributed by atoms with Crippen LogP contribution in [0.3, 0.4) is 0 Å². The van der Waals surface area contributed by atoms with E-state index in [-0.39, 0.29) is 5.95 Å². The largest absolute Gasteiger partial charge is 0.479 e. The number of methoxy groups -OCH3 is 1. The molecule has 2 aromatic rings. The van der Waals surface area contributed by atoms with Crippen LogP contribution in [0.2, 0.25) is 0 Å². The summed E-state index contributed by atoms with van der Waals surface area (Å²) in [7, 11) is 1.53. The summed E-state index contributed by atoms with van der Waals surface area (Å²) in [5.41, 5.74) is 6.28. The lowest BCUT2D eigenvalue weighted by molar-refractivity contribution is 0.397. The van der Waals surface area contributed by atoms with Crippen molar-refractivity contribution in [3.05, 3.63) is 12.4 Å². The van der Waals surface area contributed by atoms with Crippen molar-refractivity contribution in [2.45, 2.75) is 19.3 Å². The van der Waals surface area contributed by atoms with Gasteiger partial charge in [-0.1, -0.05) is 0 Å². The lowest BCUT2D eigenvalue weighted by Gasteiger charge is -2.26. The van der Waals surface area contributed by atoms with Crippen LogP contribution in [0, 0.1) is 0 Å². The highest BCUT2D eigenvalue weighted by Crippen LogP contribution is 2.24. The fourth-order valence-electron chi connectivity index (χ4n) is 2.35. The molecule has 0 aromatic carbocycles. The van der Waals surface area contributed by atoms with Crippen molar-refractivity contribution in [2.75, 3.05) is 30.8 Å². The Labute approximate surface area is 122 Å². The third-order valence-electron chi connectivity index (χ3n) is 3.35. The third-order valence-corrected chi connectivity index (χ3v) is 3.35. The van der Waals surface area contributed by atoms with Gasteiger partial charge in [-0.3, -0.25) is 0 Å². The molecular weight excluding hydrogens is 270 g/mol. The Kier molecular flexibility index (Phi) is 3.76.